The van der Waals surface area contributed by atoms with Crippen LogP contribution < -0.4 is 0 Å². The molecule has 244 valence electrons. The summed E-state index contributed by atoms with van der Waals surface area (Å²) in [5.41, 5.74) is 18.8. The van der Waals surface area contributed by atoms with E-state index in [1.165, 1.54) is 57.0 Å². The molecule has 2 aliphatic rings. The Balaban J connectivity index is 1.47. The Bertz CT molecular complexity index is 1830. The number of hydrogen-bond acceptors (Lipinski definition) is 0. The van der Waals surface area contributed by atoms with E-state index in [0.717, 1.165) is 0 Å². The maximum Gasteiger partial charge on any atom is 0.0752 e. The molecule has 0 fully saturated rings. The van der Waals surface area contributed by atoms with Crippen LogP contribution in [-0.4, -0.2) is 8.07 Å². The molecule has 0 heterocycles. The Morgan fingerprint density at radius 1 is 0.617 bits per heavy atom. The Labute approximate surface area is 287 Å². The normalized spacial score (nSPS) is 18.9. The fraction of sp³-hybridized carbons (Fsp3) is 0.391. The minimum atomic E-state index is -2.03. The summed E-state index contributed by atoms with van der Waals surface area (Å²) in [5.74, 6) is 0.505. The summed E-state index contributed by atoms with van der Waals surface area (Å²) in [7, 11) is -2.03. The molecule has 6 rings (SSSR count). The molecular formula is C46H56Si. The van der Waals surface area contributed by atoms with Crippen LogP contribution >= 0.6 is 0 Å². The first-order valence-electron chi connectivity index (χ1n) is 18.0. The molecule has 2 aliphatic carbocycles. The van der Waals surface area contributed by atoms with Crippen LogP contribution in [0.4, 0.5) is 0 Å². The lowest BCUT2D eigenvalue weighted by Gasteiger charge is -2.43. The van der Waals surface area contributed by atoms with Gasteiger partial charge in [0.15, 0.2) is 0 Å². The molecule has 0 radical (unpaired) electrons. The van der Waals surface area contributed by atoms with Crippen molar-refractivity contribution in [3.63, 3.8) is 0 Å². The Kier molecular flexibility index (Phi) is 8.71. The maximum atomic E-state index is 2.75. The van der Waals surface area contributed by atoms with E-state index in [-0.39, 0.29) is 10.8 Å². The van der Waals surface area contributed by atoms with Gasteiger partial charge in [0.25, 0.3) is 0 Å². The molecule has 1 heteroatoms. The lowest BCUT2D eigenvalue weighted by atomic mass is 9.86. The van der Waals surface area contributed by atoms with Crippen molar-refractivity contribution < 1.29 is 0 Å². The van der Waals surface area contributed by atoms with Crippen molar-refractivity contribution in [1.82, 2.24) is 0 Å². The van der Waals surface area contributed by atoms with E-state index in [9.17, 15) is 0 Å². The summed E-state index contributed by atoms with van der Waals surface area (Å²) < 4.78 is 0. The first-order valence-corrected chi connectivity index (χ1v) is 20.9. The van der Waals surface area contributed by atoms with E-state index in [4.69, 9.17) is 0 Å². The van der Waals surface area contributed by atoms with Gasteiger partial charge in [-0.05, 0) is 79.3 Å². The highest BCUT2D eigenvalue weighted by Crippen LogP contribution is 2.57. The zero-order valence-electron chi connectivity index (χ0n) is 30.9. The summed E-state index contributed by atoms with van der Waals surface area (Å²) in [6.45, 7) is 26.2. The molecule has 0 amide bonds. The highest BCUT2D eigenvalue weighted by molar-refractivity contribution is 6.83. The average Bonchev–Trinajstić information content (AvgIpc) is 3.59. The van der Waals surface area contributed by atoms with Gasteiger partial charge >= 0.3 is 0 Å². The average molecular weight is 637 g/mol. The predicted octanol–water partition coefficient (Wildman–Crippen LogP) is 13.5. The molecule has 3 atom stereocenters. The van der Waals surface area contributed by atoms with Crippen molar-refractivity contribution in [2.45, 2.75) is 110 Å². The third kappa shape index (κ3) is 5.95. The molecule has 0 N–H and O–H groups in total. The second-order valence-corrected chi connectivity index (χ2v) is 21.7. The van der Waals surface area contributed by atoms with E-state index in [2.05, 4.69) is 173 Å². The predicted molar refractivity (Wildman–Crippen MR) is 210 cm³/mol. The van der Waals surface area contributed by atoms with Crippen molar-refractivity contribution in [1.29, 1.82) is 0 Å². The van der Waals surface area contributed by atoms with Gasteiger partial charge in [0.1, 0.15) is 0 Å². The van der Waals surface area contributed by atoms with Crippen LogP contribution in [0.5, 0.6) is 0 Å². The summed E-state index contributed by atoms with van der Waals surface area (Å²) in [6.07, 6.45) is 6.39. The van der Waals surface area contributed by atoms with E-state index in [0.29, 0.717) is 17.0 Å². The number of fused-ring (bicyclic) bond motifs is 2. The largest absolute Gasteiger partial charge is 0.0752 e. The van der Waals surface area contributed by atoms with E-state index >= 15 is 0 Å². The fourth-order valence-electron chi connectivity index (χ4n) is 8.89. The van der Waals surface area contributed by atoms with Crippen molar-refractivity contribution in [3.8, 4) is 22.3 Å². The minimum absolute atomic E-state index is 0.152. The van der Waals surface area contributed by atoms with Crippen LogP contribution in [0.2, 0.25) is 12.6 Å². The van der Waals surface area contributed by atoms with Crippen LogP contribution in [0.15, 0.2) is 96.1 Å². The fourth-order valence-corrected chi connectivity index (χ4v) is 15.1. The second-order valence-electron chi connectivity index (χ2n) is 17.1. The zero-order valence-corrected chi connectivity index (χ0v) is 31.9. The molecule has 0 saturated heterocycles. The Hall–Kier alpha value is -3.42. The number of rotatable bonds is 7. The van der Waals surface area contributed by atoms with Crippen LogP contribution in [0, 0.1) is 5.92 Å². The van der Waals surface area contributed by atoms with E-state index < -0.39 is 8.07 Å². The van der Waals surface area contributed by atoms with Gasteiger partial charge in [-0.1, -0.05) is 190 Å². The molecular weight excluding hydrogens is 581 g/mol. The third-order valence-electron chi connectivity index (χ3n) is 11.3. The summed E-state index contributed by atoms with van der Waals surface area (Å²) >= 11 is 0. The topological polar surface area (TPSA) is 0 Å². The number of benzene rings is 4. The standard InChI is InChI=1S/C46H56Si/c1-12-27-47(11,43-31(4)28-41-36(15-13-17-38(41)43)32-19-23-34(24-20-32)45(5,6)7)44-39-18-14-16-37(42(39)29-40(44)30(2)3)33-21-25-35(26-22-33)46(8,9)10/h13-26,28-30,43-44H,12,27H2,1-11H3. The van der Waals surface area contributed by atoms with Gasteiger partial charge in [-0.25, -0.2) is 0 Å². The van der Waals surface area contributed by atoms with Crippen LogP contribution in [0.3, 0.4) is 0 Å². The number of hydrogen-bond donors (Lipinski definition) is 0. The first-order chi connectivity index (χ1) is 22.1. The molecule has 3 unspecified atom stereocenters. The molecule has 0 spiro atoms. The Morgan fingerprint density at radius 3 is 1.49 bits per heavy atom. The molecule has 4 aromatic carbocycles. The van der Waals surface area contributed by atoms with Gasteiger partial charge in [-0.3, -0.25) is 0 Å². The van der Waals surface area contributed by atoms with Crippen molar-refractivity contribution in [2.75, 3.05) is 0 Å². The van der Waals surface area contributed by atoms with E-state index in [1.807, 2.05) is 0 Å². The molecule has 0 saturated carbocycles. The first kappa shape index (κ1) is 33.5. The van der Waals surface area contributed by atoms with Gasteiger partial charge in [-0.15, -0.1) is 0 Å². The molecule has 47 heavy (non-hydrogen) atoms. The van der Waals surface area contributed by atoms with Crippen molar-refractivity contribution >= 4 is 20.2 Å². The summed E-state index contributed by atoms with van der Waals surface area (Å²) in [5, 5.41) is 0. The smallest absolute Gasteiger partial charge is 0.0679 e. The van der Waals surface area contributed by atoms with Gasteiger partial charge in [-0.2, -0.15) is 0 Å². The third-order valence-corrected chi connectivity index (χ3v) is 16.9. The molecule has 0 aliphatic heterocycles. The highest BCUT2D eigenvalue weighted by atomic mass is 28.3. The van der Waals surface area contributed by atoms with Gasteiger partial charge < -0.3 is 0 Å². The summed E-state index contributed by atoms with van der Waals surface area (Å²) in [4.78, 5) is 0. The monoisotopic (exact) mass is 636 g/mol. The lowest BCUT2D eigenvalue weighted by molar-refractivity contribution is 0.590. The zero-order chi connectivity index (χ0) is 33.9. The van der Waals surface area contributed by atoms with E-state index in [1.54, 1.807) is 22.3 Å². The maximum absolute atomic E-state index is 2.75. The highest BCUT2D eigenvalue weighted by Gasteiger charge is 2.50. The minimum Gasteiger partial charge on any atom is -0.0679 e. The molecule has 0 aromatic heterocycles. The van der Waals surface area contributed by atoms with Crippen LogP contribution in [-0.2, 0) is 10.8 Å². The quantitative estimate of drug-likeness (QED) is 0.177. The van der Waals surface area contributed by atoms with Crippen molar-refractivity contribution in [2.24, 2.45) is 5.92 Å². The van der Waals surface area contributed by atoms with Crippen LogP contribution in [0.25, 0.3) is 34.4 Å². The number of allylic oxidation sites excluding steroid dienone is 2. The second kappa shape index (κ2) is 12.2. The lowest BCUT2D eigenvalue weighted by Crippen LogP contribution is -2.46. The Morgan fingerprint density at radius 2 is 1.06 bits per heavy atom. The molecule has 0 nitrogen and oxygen atoms in total. The molecule has 0 bridgehead atoms. The summed E-state index contributed by atoms with van der Waals surface area (Å²) in [6, 6.07) is 34.3. The molecule has 4 aromatic rings. The van der Waals surface area contributed by atoms with Crippen LogP contribution in [0.1, 0.15) is 120 Å². The SMILES string of the molecule is CCC[Si](C)(C1C(C)=Cc2c(-c3ccc(C(C)(C)C)cc3)cccc21)C1C(C(C)C)=Cc2c(-c3ccc(C(C)(C)C)cc3)cccc21. The van der Waals surface area contributed by atoms with Crippen molar-refractivity contribution in [3.05, 3.63) is 129 Å². The van der Waals surface area contributed by atoms with Gasteiger partial charge in [0.2, 0.25) is 0 Å². The van der Waals surface area contributed by atoms with Gasteiger partial charge in [0, 0.05) is 11.1 Å². The van der Waals surface area contributed by atoms with Gasteiger partial charge in [0.05, 0.1) is 8.07 Å².